The molecule has 22 heavy (non-hydrogen) atoms. The first kappa shape index (κ1) is 16.3. The minimum Gasteiger partial charge on any atom is -0.362 e. The number of aryl methyl sites for hydroxylation is 1. The van der Waals surface area contributed by atoms with E-state index < -0.39 is 6.03 Å². The van der Waals surface area contributed by atoms with Gasteiger partial charge in [-0.1, -0.05) is 32.0 Å². The lowest BCUT2D eigenvalue weighted by atomic mass is 10.0. The number of anilines is 1. The molecule has 120 valence electrons. The summed E-state index contributed by atoms with van der Waals surface area (Å²) in [6.45, 7) is 5.84. The van der Waals surface area contributed by atoms with Gasteiger partial charge in [0.1, 0.15) is 0 Å². The van der Waals surface area contributed by atoms with Gasteiger partial charge >= 0.3 is 6.03 Å². The normalized spacial score (nSPS) is 13.7. The molecule has 1 aromatic rings. The molecule has 1 aliphatic rings. The van der Waals surface area contributed by atoms with Crippen LogP contribution in [0.3, 0.4) is 0 Å². The van der Waals surface area contributed by atoms with Crippen molar-refractivity contribution in [2.24, 2.45) is 5.92 Å². The van der Waals surface area contributed by atoms with Crippen LogP contribution in [0, 0.1) is 5.92 Å². The Morgan fingerprint density at radius 2 is 2.05 bits per heavy atom. The van der Waals surface area contributed by atoms with Gasteiger partial charge in [0.15, 0.2) is 0 Å². The van der Waals surface area contributed by atoms with Crippen molar-refractivity contribution in [3.8, 4) is 0 Å². The summed E-state index contributed by atoms with van der Waals surface area (Å²) < 4.78 is 0. The van der Waals surface area contributed by atoms with E-state index >= 15 is 0 Å². The molecule has 1 aliphatic heterocycles. The second-order valence-corrected chi connectivity index (χ2v) is 6.14. The fourth-order valence-corrected chi connectivity index (χ4v) is 2.63. The summed E-state index contributed by atoms with van der Waals surface area (Å²) in [5, 5.41) is 5.11. The molecule has 0 bridgehead atoms. The zero-order valence-corrected chi connectivity index (χ0v) is 13.4. The van der Waals surface area contributed by atoms with Crippen LogP contribution in [0.1, 0.15) is 32.3 Å². The van der Waals surface area contributed by atoms with Crippen molar-refractivity contribution in [1.29, 1.82) is 0 Å². The fourth-order valence-electron chi connectivity index (χ4n) is 2.63. The van der Waals surface area contributed by atoms with Gasteiger partial charge in [0, 0.05) is 18.8 Å². The second-order valence-electron chi connectivity index (χ2n) is 6.14. The lowest BCUT2D eigenvalue weighted by molar-refractivity contribution is -0.118. The molecule has 0 fully saturated rings. The zero-order chi connectivity index (χ0) is 15.9. The van der Waals surface area contributed by atoms with Crippen molar-refractivity contribution in [3.05, 3.63) is 29.8 Å². The van der Waals surface area contributed by atoms with Crippen LogP contribution >= 0.6 is 0 Å². The van der Waals surface area contributed by atoms with Crippen LogP contribution in [0.5, 0.6) is 0 Å². The molecule has 0 spiro atoms. The number of nitrogens with one attached hydrogen (secondary N) is 2. The summed E-state index contributed by atoms with van der Waals surface area (Å²) in [5.41, 5.74) is 2.37. The highest BCUT2D eigenvalue weighted by molar-refractivity contribution is 5.96. The van der Waals surface area contributed by atoms with Crippen LogP contribution in [-0.2, 0) is 11.2 Å². The number of benzene rings is 1. The Morgan fingerprint density at radius 3 is 2.82 bits per heavy atom. The third kappa shape index (κ3) is 4.76. The van der Waals surface area contributed by atoms with E-state index in [1.54, 1.807) is 0 Å². The number of amides is 3. The standard InChI is InChI=1S/C17H25N3O2/c1-13(2)9-10-18-17(22)19-16(21)12-20-11-5-7-14-6-3-4-8-15(14)20/h3-4,6,8,13H,5,7,9-12H2,1-2H3,(H2,18,19,21,22). The average molecular weight is 303 g/mol. The molecule has 0 saturated heterocycles. The number of hydrogen-bond acceptors (Lipinski definition) is 3. The number of urea groups is 1. The maximum Gasteiger partial charge on any atom is 0.321 e. The van der Waals surface area contributed by atoms with Gasteiger partial charge in [0.25, 0.3) is 0 Å². The highest BCUT2D eigenvalue weighted by Crippen LogP contribution is 2.26. The first-order valence-corrected chi connectivity index (χ1v) is 7.97. The Labute approximate surface area is 132 Å². The van der Waals surface area contributed by atoms with E-state index in [1.807, 2.05) is 23.1 Å². The molecule has 0 aromatic heterocycles. The van der Waals surface area contributed by atoms with Crippen molar-refractivity contribution in [2.45, 2.75) is 33.1 Å². The Kier molecular flexibility index (Phi) is 5.81. The SMILES string of the molecule is CC(C)CCNC(=O)NC(=O)CN1CCCc2ccccc21. The summed E-state index contributed by atoms with van der Waals surface area (Å²) >= 11 is 0. The largest absolute Gasteiger partial charge is 0.362 e. The lowest BCUT2D eigenvalue weighted by Gasteiger charge is -2.30. The van der Waals surface area contributed by atoms with Crippen molar-refractivity contribution in [3.63, 3.8) is 0 Å². The molecule has 1 aromatic carbocycles. The van der Waals surface area contributed by atoms with E-state index in [9.17, 15) is 9.59 Å². The highest BCUT2D eigenvalue weighted by atomic mass is 16.2. The Balaban J connectivity index is 1.82. The molecule has 2 N–H and O–H groups in total. The quantitative estimate of drug-likeness (QED) is 0.877. The molecule has 5 heteroatoms. The Bertz CT molecular complexity index is 528. The molecule has 5 nitrogen and oxygen atoms in total. The van der Waals surface area contributed by atoms with Crippen LogP contribution in [0.2, 0.25) is 0 Å². The first-order chi connectivity index (χ1) is 10.6. The van der Waals surface area contributed by atoms with E-state index in [1.165, 1.54) is 5.56 Å². The molecule has 0 radical (unpaired) electrons. The van der Waals surface area contributed by atoms with Gasteiger partial charge in [-0.25, -0.2) is 4.79 Å². The van der Waals surface area contributed by atoms with Crippen LogP contribution in [0.4, 0.5) is 10.5 Å². The predicted molar refractivity (Wildman–Crippen MR) is 88.0 cm³/mol. The van der Waals surface area contributed by atoms with Gasteiger partial charge in [0.2, 0.25) is 5.91 Å². The van der Waals surface area contributed by atoms with Crippen molar-refractivity contribution in [1.82, 2.24) is 10.6 Å². The Morgan fingerprint density at radius 1 is 1.27 bits per heavy atom. The topological polar surface area (TPSA) is 61.4 Å². The van der Waals surface area contributed by atoms with Crippen molar-refractivity contribution < 1.29 is 9.59 Å². The molecule has 1 heterocycles. The first-order valence-electron chi connectivity index (χ1n) is 7.97. The van der Waals surface area contributed by atoms with Crippen molar-refractivity contribution in [2.75, 3.05) is 24.5 Å². The van der Waals surface area contributed by atoms with Gasteiger partial charge in [-0.3, -0.25) is 10.1 Å². The number of nitrogens with zero attached hydrogens (tertiary/aromatic N) is 1. The number of imide groups is 1. The average Bonchev–Trinajstić information content (AvgIpc) is 2.47. The fraction of sp³-hybridized carbons (Fsp3) is 0.529. The van der Waals surface area contributed by atoms with Crippen LogP contribution in [0.25, 0.3) is 0 Å². The van der Waals surface area contributed by atoms with E-state index in [0.29, 0.717) is 12.5 Å². The van der Waals surface area contributed by atoms with Crippen molar-refractivity contribution >= 4 is 17.6 Å². The predicted octanol–water partition coefficient (Wildman–Crippen LogP) is 2.31. The van der Waals surface area contributed by atoms with Gasteiger partial charge in [-0.2, -0.15) is 0 Å². The van der Waals surface area contributed by atoms with Gasteiger partial charge in [-0.05, 0) is 36.8 Å². The molecule has 2 rings (SSSR count). The van der Waals surface area contributed by atoms with E-state index in [4.69, 9.17) is 0 Å². The van der Waals surface area contributed by atoms with Gasteiger partial charge in [-0.15, -0.1) is 0 Å². The molecular formula is C17H25N3O2. The number of fused-ring (bicyclic) bond motifs is 1. The number of para-hydroxylation sites is 1. The summed E-state index contributed by atoms with van der Waals surface area (Å²) in [6.07, 6.45) is 2.98. The number of rotatable bonds is 5. The summed E-state index contributed by atoms with van der Waals surface area (Å²) in [5.74, 6) is 0.264. The third-order valence-electron chi connectivity index (χ3n) is 3.80. The second kappa shape index (κ2) is 7.82. The van der Waals surface area contributed by atoms with Crippen LogP contribution in [-0.4, -0.2) is 31.6 Å². The smallest absolute Gasteiger partial charge is 0.321 e. The molecule has 0 unspecified atom stereocenters. The summed E-state index contributed by atoms with van der Waals surface area (Å²) in [6, 6.07) is 7.72. The van der Waals surface area contributed by atoms with Crippen LogP contribution in [0.15, 0.2) is 24.3 Å². The van der Waals surface area contributed by atoms with E-state index in [0.717, 1.165) is 31.5 Å². The monoisotopic (exact) mass is 303 g/mol. The number of carbonyl (C=O) groups excluding carboxylic acids is 2. The molecular weight excluding hydrogens is 278 g/mol. The minimum absolute atomic E-state index is 0.217. The third-order valence-corrected chi connectivity index (χ3v) is 3.80. The maximum atomic E-state index is 12.0. The molecule has 0 atom stereocenters. The maximum absolute atomic E-state index is 12.0. The minimum atomic E-state index is -0.407. The molecule has 0 saturated carbocycles. The lowest BCUT2D eigenvalue weighted by Crippen LogP contribution is -2.45. The number of hydrogen-bond donors (Lipinski definition) is 2. The number of carbonyl (C=O) groups is 2. The Hall–Kier alpha value is -2.04. The van der Waals surface area contributed by atoms with Gasteiger partial charge < -0.3 is 10.2 Å². The summed E-state index contributed by atoms with van der Waals surface area (Å²) in [4.78, 5) is 25.7. The molecule has 0 aliphatic carbocycles. The molecule has 3 amide bonds. The van der Waals surface area contributed by atoms with Gasteiger partial charge in [0.05, 0.1) is 6.54 Å². The van der Waals surface area contributed by atoms with Crippen LogP contribution < -0.4 is 15.5 Å². The van der Waals surface area contributed by atoms with E-state index in [-0.39, 0.29) is 12.5 Å². The summed E-state index contributed by atoms with van der Waals surface area (Å²) in [7, 11) is 0. The highest BCUT2D eigenvalue weighted by Gasteiger charge is 2.19. The van der Waals surface area contributed by atoms with E-state index in [2.05, 4.69) is 30.5 Å². The zero-order valence-electron chi connectivity index (χ0n) is 13.4.